The lowest BCUT2D eigenvalue weighted by molar-refractivity contribution is -0.385. The summed E-state index contributed by atoms with van der Waals surface area (Å²) in [7, 11) is 0. The molecule has 1 rings (SSSR count). The van der Waals surface area contributed by atoms with Crippen LogP contribution in [0.15, 0.2) is 18.2 Å². The van der Waals surface area contributed by atoms with E-state index in [4.69, 9.17) is 5.11 Å². The number of nitro groups is 1. The number of amides is 2. The fourth-order valence-electron chi connectivity index (χ4n) is 1.62. The topological polar surface area (TPSA) is 104 Å². The predicted molar refractivity (Wildman–Crippen MR) is 75.8 cm³/mol. The first-order valence-electron chi connectivity index (χ1n) is 6.26. The second-order valence-electron chi connectivity index (χ2n) is 5.08. The third-order valence-corrected chi connectivity index (χ3v) is 2.77. The average molecular weight is 281 g/mol. The van der Waals surface area contributed by atoms with Gasteiger partial charge in [0.1, 0.15) is 0 Å². The van der Waals surface area contributed by atoms with Crippen LogP contribution in [-0.2, 0) is 6.42 Å². The number of nitro benzene ring substituents is 1. The van der Waals surface area contributed by atoms with Crippen molar-refractivity contribution in [1.29, 1.82) is 0 Å². The van der Waals surface area contributed by atoms with Gasteiger partial charge >= 0.3 is 6.03 Å². The van der Waals surface area contributed by atoms with Crippen molar-refractivity contribution in [3.05, 3.63) is 33.9 Å². The molecule has 0 atom stereocenters. The molecule has 2 amide bonds. The maximum atomic E-state index is 11.7. The number of anilines is 1. The second-order valence-corrected chi connectivity index (χ2v) is 5.08. The van der Waals surface area contributed by atoms with Crippen molar-refractivity contribution >= 4 is 17.4 Å². The van der Waals surface area contributed by atoms with Crippen LogP contribution in [0.1, 0.15) is 26.3 Å². The number of urea groups is 1. The highest BCUT2D eigenvalue weighted by Crippen LogP contribution is 2.23. The van der Waals surface area contributed by atoms with Gasteiger partial charge in [-0.1, -0.05) is 13.0 Å². The summed E-state index contributed by atoms with van der Waals surface area (Å²) in [5, 5.41) is 25.1. The molecule has 0 aliphatic carbocycles. The summed E-state index contributed by atoms with van der Waals surface area (Å²) in [6, 6.07) is 4.02. The maximum Gasteiger partial charge on any atom is 0.319 e. The van der Waals surface area contributed by atoms with Gasteiger partial charge in [-0.2, -0.15) is 0 Å². The van der Waals surface area contributed by atoms with Gasteiger partial charge in [0.2, 0.25) is 0 Å². The fraction of sp³-hybridized carbons (Fsp3) is 0.462. The Morgan fingerprint density at radius 2 is 2.10 bits per heavy atom. The molecule has 7 nitrogen and oxygen atoms in total. The van der Waals surface area contributed by atoms with E-state index in [2.05, 4.69) is 10.6 Å². The van der Waals surface area contributed by atoms with E-state index in [1.165, 1.54) is 6.07 Å². The Hall–Kier alpha value is -2.15. The lowest BCUT2D eigenvalue weighted by atomic mass is 10.1. The van der Waals surface area contributed by atoms with Crippen molar-refractivity contribution in [2.24, 2.45) is 0 Å². The van der Waals surface area contributed by atoms with E-state index < -0.39 is 16.5 Å². The van der Waals surface area contributed by atoms with Gasteiger partial charge in [0.25, 0.3) is 5.69 Å². The molecular weight excluding hydrogens is 262 g/mol. The summed E-state index contributed by atoms with van der Waals surface area (Å²) in [5.41, 5.74) is 0.155. The Morgan fingerprint density at radius 3 is 2.60 bits per heavy atom. The number of aliphatic hydroxyl groups is 1. The summed E-state index contributed by atoms with van der Waals surface area (Å²) < 4.78 is 0. The molecule has 0 unspecified atom stereocenters. The summed E-state index contributed by atoms with van der Waals surface area (Å²) >= 11 is 0. The Morgan fingerprint density at radius 1 is 1.45 bits per heavy atom. The second kappa shape index (κ2) is 6.33. The highest BCUT2D eigenvalue weighted by Gasteiger charge is 2.20. The molecule has 1 aromatic carbocycles. The molecule has 0 aromatic heterocycles. The van der Waals surface area contributed by atoms with Crippen molar-refractivity contribution < 1.29 is 14.8 Å². The zero-order chi connectivity index (χ0) is 15.3. The van der Waals surface area contributed by atoms with Gasteiger partial charge in [0.15, 0.2) is 0 Å². The largest absolute Gasteiger partial charge is 0.394 e. The van der Waals surface area contributed by atoms with Crippen molar-refractivity contribution in [1.82, 2.24) is 5.32 Å². The molecule has 0 fully saturated rings. The molecule has 0 bridgehead atoms. The van der Waals surface area contributed by atoms with E-state index in [0.29, 0.717) is 17.7 Å². The van der Waals surface area contributed by atoms with Gasteiger partial charge in [-0.3, -0.25) is 10.1 Å². The first-order chi connectivity index (χ1) is 9.29. The van der Waals surface area contributed by atoms with Crippen LogP contribution in [-0.4, -0.2) is 28.2 Å². The zero-order valence-electron chi connectivity index (χ0n) is 11.8. The molecule has 0 aliphatic rings. The van der Waals surface area contributed by atoms with Gasteiger partial charge in [-0.05, 0) is 26.3 Å². The molecule has 7 heteroatoms. The van der Waals surface area contributed by atoms with E-state index in [0.717, 1.165) is 0 Å². The fourth-order valence-corrected chi connectivity index (χ4v) is 1.62. The lowest BCUT2D eigenvalue weighted by Crippen LogP contribution is -2.48. The third-order valence-electron chi connectivity index (χ3n) is 2.77. The predicted octanol–water partition coefficient (Wildman–Crippen LogP) is 2.05. The van der Waals surface area contributed by atoms with Crippen molar-refractivity contribution in [3.63, 3.8) is 0 Å². The van der Waals surface area contributed by atoms with Crippen LogP contribution >= 0.6 is 0 Å². The molecule has 0 saturated carbocycles. The first kappa shape index (κ1) is 15.9. The summed E-state index contributed by atoms with van der Waals surface area (Å²) in [5.74, 6) is 0. The Bertz CT molecular complexity index is 514. The van der Waals surface area contributed by atoms with Crippen LogP contribution in [0.5, 0.6) is 0 Å². The average Bonchev–Trinajstić information content (AvgIpc) is 2.37. The number of benzene rings is 1. The number of hydrogen-bond acceptors (Lipinski definition) is 4. The number of rotatable bonds is 5. The number of nitrogens with zero attached hydrogens (tertiary/aromatic N) is 1. The first-order valence-corrected chi connectivity index (χ1v) is 6.26. The van der Waals surface area contributed by atoms with Crippen LogP contribution < -0.4 is 10.6 Å². The Labute approximate surface area is 117 Å². The van der Waals surface area contributed by atoms with Crippen LogP contribution in [0.2, 0.25) is 0 Å². The SMILES string of the molecule is CCc1ccc(NC(=O)NC(C)(C)CO)cc1[N+](=O)[O-]. The molecular formula is C13H19N3O4. The molecule has 110 valence electrons. The molecule has 1 aromatic rings. The summed E-state index contributed by atoms with van der Waals surface area (Å²) in [6.45, 7) is 4.94. The molecule has 0 radical (unpaired) electrons. The number of nitrogens with one attached hydrogen (secondary N) is 2. The standard InChI is InChI=1S/C13H19N3O4/c1-4-9-5-6-10(7-11(9)16(19)20)14-12(18)15-13(2,3)8-17/h5-7,17H,4,8H2,1-3H3,(H2,14,15,18). The highest BCUT2D eigenvalue weighted by molar-refractivity contribution is 5.90. The molecule has 0 spiro atoms. The van der Waals surface area contributed by atoms with E-state index in [-0.39, 0.29) is 12.3 Å². The van der Waals surface area contributed by atoms with E-state index in [1.807, 2.05) is 6.92 Å². The van der Waals surface area contributed by atoms with Crippen molar-refractivity contribution in [3.8, 4) is 0 Å². The van der Waals surface area contributed by atoms with Gasteiger partial charge < -0.3 is 15.7 Å². The lowest BCUT2D eigenvalue weighted by Gasteiger charge is -2.23. The Balaban J connectivity index is 2.86. The van der Waals surface area contributed by atoms with Crippen LogP contribution in [0.3, 0.4) is 0 Å². The minimum absolute atomic E-state index is 0.0216. The number of carbonyl (C=O) groups excluding carboxylic acids is 1. The Kier molecular flexibility index (Phi) is 5.04. The summed E-state index contributed by atoms with van der Waals surface area (Å²) in [6.07, 6.45) is 0.542. The molecule has 0 heterocycles. The minimum Gasteiger partial charge on any atom is -0.394 e. The van der Waals surface area contributed by atoms with Gasteiger partial charge in [-0.25, -0.2) is 4.79 Å². The maximum absolute atomic E-state index is 11.7. The van der Waals surface area contributed by atoms with E-state index in [1.54, 1.807) is 26.0 Å². The zero-order valence-corrected chi connectivity index (χ0v) is 11.8. The van der Waals surface area contributed by atoms with Crippen molar-refractivity contribution in [2.45, 2.75) is 32.7 Å². The van der Waals surface area contributed by atoms with Gasteiger partial charge in [0.05, 0.1) is 17.1 Å². The van der Waals surface area contributed by atoms with E-state index in [9.17, 15) is 14.9 Å². The quantitative estimate of drug-likeness (QED) is 0.567. The molecule has 0 aliphatic heterocycles. The smallest absolute Gasteiger partial charge is 0.319 e. The van der Waals surface area contributed by atoms with Crippen LogP contribution in [0.25, 0.3) is 0 Å². The highest BCUT2D eigenvalue weighted by atomic mass is 16.6. The molecule has 20 heavy (non-hydrogen) atoms. The molecule has 3 N–H and O–H groups in total. The normalized spacial score (nSPS) is 11.0. The van der Waals surface area contributed by atoms with Crippen LogP contribution in [0, 0.1) is 10.1 Å². The number of aliphatic hydroxyl groups excluding tert-OH is 1. The van der Waals surface area contributed by atoms with Crippen molar-refractivity contribution in [2.75, 3.05) is 11.9 Å². The number of aryl methyl sites for hydroxylation is 1. The van der Waals surface area contributed by atoms with E-state index >= 15 is 0 Å². The monoisotopic (exact) mass is 281 g/mol. The third kappa shape index (κ3) is 4.20. The number of carbonyl (C=O) groups is 1. The van der Waals surface area contributed by atoms with Gasteiger partial charge in [0, 0.05) is 17.3 Å². The van der Waals surface area contributed by atoms with Gasteiger partial charge in [-0.15, -0.1) is 0 Å². The number of hydrogen-bond donors (Lipinski definition) is 3. The van der Waals surface area contributed by atoms with Crippen LogP contribution in [0.4, 0.5) is 16.2 Å². The minimum atomic E-state index is -0.765. The molecule has 0 saturated heterocycles. The summed E-state index contributed by atoms with van der Waals surface area (Å²) in [4.78, 5) is 22.2.